The summed E-state index contributed by atoms with van der Waals surface area (Å²) in [7, 11) is 3.18. The Hall–Kier alpha value is -1.59. The van der Waals surface area contributed by atoms with E-state index in [1.54, 1.807) is 19.2 Å². The molecule has 0 unspecified atom stereocenters. The van der Waals surface area contributed by atoms with E-state index in [2.05, 4.69) is 16.0 Å². The van der Waals surface area contributed by atoms with Gasteiger partial charge in [0.25, 0.3) is 5.91 Å². The Morgan fingerprint density at radius 1 is 1.29 bits per heavy atom. The molecular weight excluding hydrogens is 242 g/mol. The first-order valence-electron chi connectivity index (χ1n) is 5.04. The predicted molar refractivity (Wildman–Crippen MR) is 67.4 cm³/mol. The van der Waals surface area contributed by atoms with Crippen LogP contribution in [-0.2, 0) is 4.79 Å². The van der Waals surface area contributed by atoms with Crippen molar-refractivity contribution in [3.8, 4) is 0 Å². The Morgan fingerprint density at radius 3 is 2.59 bits per heavy atom. The summed E-state index contributed by atoms with van der Waals surface area (Å²) in [5, 5.41) is 8.29. The molecule has 1 aromatic rings. The Kier molecular flexibility index (Phi) is 4.93. The minimum atomic E-state index is -0.299. The van der Waals surface area contributed by atoms with Crippen molar-refractivity contribution in [2.24, 2.45) is 0 Å². The molecule has 3 N–H and O–H groups in total. The molecule has 1 aromatic carbocycles. The highest BCUT2D eigenvalue weighted by Gasteiger charge is 2.12. The van der Waals surface area contributed by atoms with Crippen molar-refractivity contribution in [2.45, 2.75) is 0 Å². The highest BCUT2D eigenvalue weighted by Crippen LogP contribution is 2.20. The van der Waals surface area contributed by atoms with Crippen LogP contribution < -0.4 is 16.0 Å². The number of hydrogen-bond acceptors (Lipinski definition) is 3. The van der Waals surface area contributed by atoms with Crippen LogP contribution in [-0.4, -0.2) is 32.5 Å². The Morgan fingerprint density at radius 2 is 2.00 bits per heavy atom. The Labute approximate surface area is 105 Å². The molecule has 0 aromatic heterocycles. The fraction of sp³-hybridized carbons (Fsp3) is 0.273. The summed E-state index contributed by atoms with van der Waals surface area (Å²) in [5.74, 6) is -0.521. The molecule has 0 aliphatic heterocycles. The van der Waals surface area contributed by atoms with E-state index in [1.807, 2.05) is 0 Å². The fourth-order valence-electron chi connectivity index (χ4n) is 1.30. The van der Waals surface area contributed by atoms with Crippen molar-refractivity contribution in [2.75, 3.05) is 26.0 Å². The monoisotopic (exact) mass is 255 g/mol. The summed E-state index contributed by atoms with van der Waals surface area (Å²) < 4.78 is 0. The summed E-state index contributed by atoms with van der Waals surface area (Å²) in [4.78, 5) is 23.0. The van der Waals surface area contributed by atoms with E-state index in [0.717, 1.165) is 0 Å². The second-order valence-corrected chi connectivity index (χ2v) is 3.78. The fourth-order valence-corrected chi connectivity index (χ4v) is 1.48. The summed E-state index contributed by atoms with van der Waals surface area (Å²) >= 11 is 5.81. The molecule has 0 spiro atoms. The quantitative estimate of drug-likeness (QED) is 0.747. The van der Waals surface area contributed by atoms with Gasteiger partial charge in [0.1, 0.15) is 0 Å². The number of amides is 2. The topological polar surface area (TPSA) is 70.2 Å². The van der Waals surface area contributed by atoms with Gasteiger partial charge < -0.3 is 16.0 Å². The van der Waals surface area contributed by atoms with Gasteiger partial charge in [0, 0.05) is 12.1 Å². The molecule has 0 atom stereocenters. The first-order valence-corrected chi connectivity index (χ1v) is 5.42. The van der Waals surface area contributed by atoms with E-state index in [-0.39, 0.29) is 18.4 Å². The molecule has 0 saturated carbocycles. The van der Waals surface area contributed by atoms with Crippen molar-refractivity contribution in [1.82, 2.24) is 10.6 Å². The smallest absolute Gasteiger partial charge is 0.253 e. The van der Waals surface area contributed by atoms with Crippen molar-refractivity contribution < 1.29 is 9.59 Å². The number of halogens is 1. The third kappa shape index (κ3) is 3.72. The number of nitrogens with one attached hydrogen (secondary N) is 3. The zero-order chi connectivity index (χ0) is 12.8. The Balaban J connectivity index is 2.98. The molecule has 0 fully saturated rings. The molecule has 0 saturated heterocycles. The first-order chi connectivity index (χ1) is 8.08. The lowest BCUT2D eigenvalue weighted by atomic mass is 10.1. The molecule has 6 heteroatoms. The molecule has 0 aliphatic rings. The number of rotatable bonds is 4. The van der Waals surface area contributed by atoms with Gasteiger partial charge in [-0.1, -0.05) is 11.6 Å². The average Bonchev–Trinajstić information content (AvgIpc) is 2.30. The third-order valence-electron chi connectivity index (χ3n) is 2.06. The van der Waals surface area contributed by atoms with E-state index < -0.39 is 0 Å². The van der Waals surface area contributed by atoms with Gasteiger partial charge in [-0.3, -0.25) is 9.59 Å². The largest absolute Gasteiger partial charge is 0.355 e. The van der Waals surface area contributed by atoms with Gasteiger partial charge in [0.05, 0.1) is 17.8 Å². The molecule has 1 rings (SSSR count). The molecule has 0 aliphatic carbocycles. The highest BCUT2D eigenvalue weighted by molar-refractivity contribution is 6.31. The van der Waals surface area contributed by atoms with Gasteiger partial charge in [-0.15, -0.1) is 0 Å². The number of carbonyl (C=O) groups excluding carboxylic acids is 2. The minimum Gasteiger partial charge on any atom is -0.355 e. The van der Waals surface area contributed by atoms with Crippen LogP contribution in [0.25, 0.3) is 0 Å². The van der Waals surface area contributed by atoms with E-state index in [4.69, 9.17) is 11.6 Å². The molecular formula is C11H14ClN3O2. The summed E-state index contributed by atoms with van der Waals surface area (Å²) in [6.07, 6.45) is 0. The third-order valence-corrected chi connectivity index (χ3v) is 2.30. The lowest BCUT2D eigenvalue weighted by Gasteiger charge is -2.10. The van der Waals surface area contributed by atoms with Gasteiger partial charge in [-0.05, 0) is 25.2 Å². The molecule has 0 heterocycles. The van der Waals surface area contributed by atoms with Crippen LogP contribution >= 0.6 is 11.6 Å². The molecule has 5 nitrogen and oxygen atoms in total. The van der Waals surface area contributed by atoms with E-state index >= 15 is 0 Å². The standard InChI is InChI=1S/C11H14ClN3O2/c1-13-6-10(16)15-9-4-3-7(12)5-8(9)11(17)14-2/h3-5,13H,6H2,1-2H3,(H,14,17)(H,15,16). The molecule has 0 bridgehead atoms. The molecule has 17 heavy (non-hydrogen) atoms. The van der Waals surface area contributed by atoms with Gasteiger partial charge in [-0.2, -0.15) is 0 Å². The number of anilines is 1. The van der Waals surface area contributed by atoms with Crippen LogP contribution in [0.1, 0.15) is 10.4 Å². The van der Waals surface area contributed by atoms with E-state index in [1.165, 1.54) is 13.1 Å². The van der Waals surface area contributed by atoms with Crippen LogP contribution in [0.4, 0.5) is 5.69 Å². The summed E-state index contributed by atoms with van der Waals surface area (Å²) in [6.45, 7) is 0.176. The second kappa shape index (κ2) is 6.22. The van der Waals surface area contributed by atoms with Crippen molar-refractivity contribution in [3.63, 3.8) is 0 Å². The van der Waals surface area contributed by atoms with Gasteiger partial charge in [0.2, 0.25) is 5.91 Å². The summed E-state index contributed by atoms with van der Waals surface area (Å²) in [5.41, 5.74) is 0.776. The second-order valence-electron chi connectivity index (χ2n) is 3.35. The van der Waals surface area contributed by atoms with E-state index in [0.29, 0.717) is 16.3 Å². The summed E-state index contributed by atoms with van der Waals surface area (Å²) in [6, 6.07) is 4.72. The number of hydrogen-bond donors (Lipinski definition) is 3. The average molecular weight is 256 g/mol. The Bertz CT molecular complexity index is 435. The van der Waals surface area contributed by atoms with Crippen LogP contribution in [0.3, 0.4) is 0 Å². The highest BCUT2D eigenvalue weighted by atomic mass is 35.5. The van der Waals surface area contributed by atoms with Gasteiger partial charge in [-0.25, -0.2) is 0 Å². The van der Waals surface area contributed by atoms with Crippen LogP contribution in [0.5, 0.6) is 0 Å². The van der Waals surface area contributed by atoms with Gasteiger partial charge in [0.15, 0.2) is 0 Å². The molecule has 0 radical (unpaired) electrons. The lowest BCUT2D eigenvalue weighted by molar-refractivity contribution is -0.115. The molecule has 92 valence electrons. The SMILES string of the molecule is CNCC(=O)Nc1ccc(Cl)cc1C(=O)NC. The maximum atomic E-state index is 11.6. The normalized spacial score (nSPS) is 9.82. The predicted octanol–water partition coefficient (Wildman–Crippen LogP) is 0.857. The zero-order valence-corrected chi connectivity index (χ0v) is 10.4. The lowest BCUT2D eigenvalue weighted by Crippen LogP contribution is -2.27. The van der Waals surface area contributed by atoms with Crippen LogP contribution in [0, 0.1) is 0 Å². The van der Waals surface area contributed by atoms with Crippen molar-refractivity contribution in [1.29, 1.82) is 0 Å². The zero-order valence-electron chi connectivity index (χ0n) is 9.63. The van der Waals surface area contributed by atoms with E-state index in [9.17, 15) is 9.59 Å². The van der Waals surface area contributed by atoms with Crippen LogP contribution in [0.15, 0.2) is 18.2 Å². The number of benzene rings is 1. The van der Waals surface area contributed by atoms with Gasteiger partial charge >= 0.3 is 0 Å². The number of carbonyl (C=O) groups is 2. The maximum Gasteiger partial charge on any atom is 0.253 e. The van der Waals surface area contributed by atoms with Crippen LogP contribution in [0.2, 0.25) is 5.02 Å². The van der Waals surface area contributed by atoms with Crippen molar-refractivity contribution >= 4 is 29.1 Å². The molecule has 2 amide bonds. The number of likely N-dealkylation sites (N-methyl/N-ethyl adjacent to an activating group) is 1. The maximum absolute atomic E-state index is 11.6. The van der Waals surface area contributed by atoms with Crippen molar-refractivity contribution in [3.05, 3.63) is 28.8 Å². The first kappa shape index (κ1) is 13.5. The minimum absolute atomic E-state index is 0.176.